The first-order valence-corrected chi connectivity index (χ1v) is 8.09. The molecule has 0 aromatic heterocycles. The van der Waals surface area contributed by atoms with Crippen LogP contribution >= 0.6 is 0 Å². The molecule has 1 aromatic rings. The van der Waals surface area contributed by atoms with Gasteiger partial charge in [-0.1, -0.05) is 51.0 Å². The fourth-order valence-electron chi connectivity index (χ4n) is 3.35. The fraction of sp³-hybridized carbons (Fsp3) is 0.667. The molecule has 2 rings (SSSR count). The van der Waals surface area contributed by atoms with E-state index in [1.165, 1.54) is 43.2 Å². The minimum absolute atomic E-state index is 0.515. The number of rotatable bonds is 6. The highest BCUT2D eigenvalue weighted by molar-refractivity contribution is 5.25. The molecule has 0 saturated heterocycles. The molecule has 1 heteroatoms. The molecule has 0 amide bonds. The molecule has 0 bridgehead atoms. The van der Waals surface area contributed by atoms with Crippen molar-refractivity contribution < 1.29 is 0 Å². The molecule has 1 aromatic carbocycles. The Bertz CT molecular complexity index is 362. The first kappa shape index (κ1) is 14.6. The van der Waals surface area contributed by atoms with Gasteiger partial charge in [0.25, 0.3) is 0 Å². The summed E-state index contributed by atoms with van der Waals surface area (Å²) < 4.78 is 0. The Kier molecular flexibility index (Phi) is 5.45. The maximum atomic E-state index is 3.86. The molecule has 0 heterocycles. The highest BCUT2D eigenvalue weighted by atomic mass is 14.9. The van der Waals surface area contributed by atoms with Crippen LogP contribution < -0.4 is 5.32 Å². The summed E-state index contributed by atoms with van der Waals surface area (Å²) in [5, 5.41) is 3.86. The maximum Gasteiger partial charge on any atom is 0.0320 e. The van der Waals surface area contributed by atoms with Crippen LogP contribution in [0.3, 0.4) is 0 Å². The van der Waals surface area contributed by atoms with Crippen LogP contribution in [0.2, 0.25) is 0 Å². The van der Waals surface area contributed by atoms with Gasteiger partial charge in [-0.3, -0.25) is 0 Å². The second kappa shape index (κ2) is 7.09. The van der Waals surface area contributed by atoms with E-state index in [-0.39, 0.29) is 0 Å². The van der Waals surface area contributed by atoms with Crippen molar-refractivity contribution in [3.05, 3.63) is 35.4 Å². The van der Waals surface area contributed by atoms with E-state index in [2.05, 4.69) is 50.4 Å². The Hall–Kier alpha value is -0.820. The molecule has 1 fully saturated rings. The van der Waals surface area contributed by atoms with Crippen LogP contribution in [0.25, 0.3) is 0 Å². The second-order valence-electron chi connectivity index (χ2n) is 6.06. The average molecular weight is 259 g/mol. The molecule has 0 radical (unpaired) electrons. The first-order chi connectivity index (χ1) is 9.24. The van der Waals surface area contributed by atoms with Crippen LogP contribution in [0.5, 0.6) is 0 Å². The molecule has 19 heavy (non-hydrogen) atoms. The summed E-state index contributed by atoms with van der Waals surface area (Å²) in [6.45, 7) is 6.87. The predicted molar refractivity (Wildman–Crippen MR) is 83.4 cm³/mol. The van der Waals surface area contributed by atoms with Gasteiger partial charge in [-0.25, -0.2) is 0 Å². The van der Waals surface area contributed by atoms with Gasteiger partial charge >= 0.3 is 0 Å². The smallest absolute Gasteiger partial charge is 0.0320 e. The summed E-state index contributed by atoms with van der Waals surface area (Å²) in [6.07, 6.45) is 7.99. The van der Waals surface area contributed by atoms with Gasteiger partial charge < -0.3 is 5.32 Å². The molecule has 1 aliphatic carbocycles. The van der Waals surface area contributed by atoms with Crippen molar-refractivity contribution >= 4 is 0 Å². The van der Waals surface area contributed by atoms with Crippen LogP contribution in [-0.2, 0) is 6.42 Å². The van der Waals surface area contributed by atoms with Crippen molar-refractivity contribution in [3.8, 4) is 0 Å². The lowest BCUT2D eigenvalue weighted by molar-refractivity contribution is 0.339. The predicted octanol–water partition coefficient (Wildman–Crippen LogP) is 4.87. The van der Waals surface area contributed by atoms with Crippen LogP contribution in [0.15, 0.2) is 24.3 Å². The zero-order valence-electron chi connectivity index (χ0n) is 12.8. The standard InChI is InChI=1S/C18H29N/c1-4-15-10-12-17(13-11-15)18(5-2)19-14(3)16-8-6-7-9-16/h10-14,16,18-19H,4-9H2,1-3H3/t14-,18?/m1/s1. The van der Waals surface area contributed by atoms with E-state index >= 15 is 0 Å². The van der Waals surface area contributed by atoms with Gasteiger partial charge in [0.05, 0.1) is 0 Å². The van der Waals surface area contributed by atoms with E-state index in [4.69, 9.17) is 0 Å². The summed E-state index contributed by atoms with van der Waals surface area (Å²) >= 11 is 0. The first-order valence-electron chi connectivity index (χ1n) is 8.09. The summed E-state index contributed by atoms with van der Waals surface area (Å²) in [6, 6.07) is 10.3. The van der Waals surface area contributed by atoms with Crippen molar-refractivity contribution in [2.75, 3.05) is 0 Å². The zero-order valence-corrected chi connectivity index (χ0v) is 12.8. The van der Waals surface area contributed by atoms with Crippen LogP contribution in [0, 0.1) is 5.92 Å². The maximum absolute atomic E-state index is 3.86. The lowest BCUT2D eigenvalue weighted by Crippen LogP contribution is -2.35. The number of hydrogen-bond acceptors (Lipinski definition) is 1. The van der Waals surface area contributed by atoms with Crippen LogP contribution in [0.4, 0.5) is 0 Å². The molecule has 0 spiro atoms. The van der Waals surface area contributed by atoms with Crippen molar-refractivity contribution in [2.45, 2.75) is 71.4 Å². The monoisotopic (exact) mass is 259 g/mol. The summed E-state index contributed by atoms with van der Waals surface area (Å²) in [5.41, 5.74) is 2.88. The third-order valence-electron chi connectivity index (χ3n) is 4.77. The molecule has 1 unspecified atom stereocenters. The zero-order chi connectivity index (χ0) is 13.7. The minimum atomic E-state index is 0.515. The van der Waals surface area contributed by atoms with Gasteiger partial charge in [0.15, 0.2) is 0 Å². The van der Waals surface area contributed by atoms with Gasteiger partial charge in [-0.2, -0.15) is 0 Å². The quantitative estimate of drug-likeness (QED) is 0.768. The normalized spacial score (nSPS) is 19.5. The Morgan fingerprint density at radius 3 is 2.26 bits per heavy atom. The Morgan fingerprint density at radius 1 is 1.11 bits per heavy atom. The van der Waals surface area contributed by atoms with Crippen LogP contribution in [0.1, 0.15) is 70.0 Å². The summed E-state index contributed by atoms with van der Waals surface area (Å²) in [5.74, 6) is 0.893. The second-order valence-corrected chi connectivity index (χ2v) is 6.06. The van der Waals surface area contributed by atoms with Gasteiger partial charge in [0, 0.05) is 12.1 Å². The molecule has 1 N–H and O–H groups in total. The number of aryl methyl sites for hydroxylation is 1. The highest BCUT2D eigenvalue weighted by Crippen LogP contribution is 2.29. The lowest BCUT2D eigenvalue weighted by atomic mass is 9.96. The van der Waals surface area contributed by atoms with E-state index in [0.29, 0.717) is 12.1 Å². The van der Waals surface area contributed by atoms with Gasteiger partial charge in [-0.05, 0) is 49.7 Å². The lowest BCUT2D eigenvalue weighted by Gasteiger charge is -2.27. The van der Waals surface area contributed by atoms with Gasteiger partial charge in [-0.15, -0.1) is 0 Å². The Labute approximate surface area is 118 Å². The Balaban J connectivity index is 1.97. The minimum Gasteiger partial charge on any atom is -0.307 e. The number of hydrogen-bond donors (Lipinski definition) is 1. The van der Waals surface area contributed by atoms with Gasteiger partial charge in [0.2, 0.25) is 0 Å². The third-order valence-corrected chi connectivity index (χ3v) is 4.77. The highest BCUT2D eigenvalue weighted by Gasteiger charge is 2.23. The average Bonchev–Trinajstić information content (AvgIpc) is 2.99. The summed E-state index contributed by atoms with van der Waals surface area (Å²) in [7, 11) is 0. The number of nitrogens with one attached hydrogen (secondary N) is 1. The molecule has 1 aliphatic rings. The molecule has 1 nitrogen and oxygen atoms in total. The summed E-state index contributed by atoms with van der Waals surface area (Å²) in [4.78, 5) is 0. The SMILES string of the molecule is CCc1ccc(C(CC)N[C@H](C)C2CCCC2)cc1. The van der Waals surface area contributed by atoms with Crippen molar-refractivity contribution in [2.24, 2.45) is 5.92 Å². The van der Waals surface area contributed by atoms with E-state index in [1.807, 2.05) is 0 Å². The topological polar surface area (TPSA) is 12.0 Å². The van der Waals surface area contributed by atoms with Crippen molar-refractivity contribution in [1.82, 2.24) is 5.32 Å². The molecular formula is C18H29N. The fourth-order valence-corrected chi connectivity index (χ4v) is 3.35. The molecule has 0 aliphatic heterocycles. The van der Waals surface area contributed by atoms with Crippen molar-refractivity contribution in [3.63, 3.8) is 0 Å². The van der Waals surface area contributed by atoms with E-state index in [9.17, 15) is 0 Å². The van der Waals surface area contributed by atoms with Crippen LogP contribution in [-0.4, -0.2) is 6.04 Å². The molecular weight excluding hydrogens is 230 g/mol. The van der Waals surface area contributed by atoms with E-state index in [0.717, 1.165) is 12.3 Å². The molecule has 106 valence electrons. The van der Waals surface area contributed by atoms with Crippen molar-refractivity contribution in [1.29, 1.82) is 0 Å². The Morgan fingerprint density at radius 2 is 1.74 bits per heavy atom. The molecule has 1 saturated carbocycles. The van der Waals surface area contributed by atoms with E-state index in [1.54, 1.807) is 0 Å². The third kappa shape index (κ3) is 3.82. The molecule has 2 atom stereocenters. The van der Waals surface area contributed by atoms with Gasteiger partial charge in [0.1, 0.15) is 0 Å². The largest absolute Gasteiger partial charge is 0.307 e. The number of benzene rings is 1. The van der Waals surface area contributed by atoms with E-state index < -0.39 is 0 Å².